The van der Waals surface area contributed by atoms with Crippen molar-refractivity contribution in [1.82, 2.24) is 5.32 Å². The predicted molar refractivity (Wildman–Crippen MR) is 99.9 cm³/mol. The standard InChI is InChI=1S/C18H30N2O3.ClH/c1-5-10-23-15-9-8-14(11-16(15)22-4)12-20-17(21)18(6-2,7-3)13-19;/h8-9,11H,5-7,10,12-13,19H2,1-4H3,(H,20,21);1H. The van der Waals surface area contributed by atoms with Crippen LogP contribution < -0.4 is 20.5 Å². The van der Waals surface area contributed by atoms with Gasteiger partial charge in [-0.05, 0) is 37.0 Å². The Labute approximate surface area is 151 Å². The van der Waals surface area contributed by atoms with Crippen molar-refractivity contribution in [3.8, 4) is 11.5 Å². The van der Waals surface area contributed by atoms with Crippen LogP contribution in [0.2, 0.25) is 0 Å². The zero-order chi connectivity index (χ0) is 17.3. The van der Waals surface area contributed by atoms with Crippen LogP contribution in [-0.2, 0) is 11.3 Å². The van der Waals surface area contributed by atoms with E-state index in [4.69, 9.17) is 15.2 Å². The van der Waals surface area contributed by atoms with Crippen LogP contribution in [0.3, 0.4) is 0 Å². The van der Waals surface area contributed by atoms with Crippen LogP contribution in [0.4, 0.5) is 0 Å². The van der Waals surface area contributed by atoms with Crippen LogP contribution in [0.25, 0.3) is 0 Å². The molecule has 138 valence electrons. The maximum atomic E-state index is 12.4. The van der Waals surface area contributed by atoms with Gasteiger partial charge in [0, 0.05) is 13.1 Å². The minimum atomic E-state index is -0.478. The van der Waals surface area contributed by atoms with Crippen molar-refractivity contribution in [2.45, 2.75) is 46.6 Å². The quantitative estimate of drug-likeness (QED) is 0.673. The maximum absolute atomic E-state index is 12.4. The van der Waals surface area contributed by atoms with Crippen LogP contribution in [0.1, 0.15) is 45.6 Å². The van der Waals surface area contributed by atoms with Crippen molar-refractivity contribution in [3.05, 3.63) is 23.8 Å². The van der Waals surface area contributed by atoms with Crippen molar-refractivity contribution in [2.24, 2.45) is 11.1 Å². The molecule has 0 fully saturated rings. The van der Waals surface area contributed by atoms with Gasteiger partial charge in [0.2, 0.25) is 5.91 Å². The van der Waals surface area contributed by atoms with E-state index >= 15 is 0 Å². The Morgan fingerprint density at radius 3 is 2.38 bits per heavy atom. The number of amides is 1. The number of rotatable bonds is 10. The fourth-order valence-corrected chi connectivity index (χ4v) is 2.48. The van der Waals surface area contributed by atoms with E-state index in [2.05, 4.69) is 12.2 Å². The molecule has 6 heteroatoms. The predicted octanol–water partition coefficient (Wildman–Crippen LogP) is 3.29. The third-order valence-electron chi connectivity index (χ3n) is 4.37. The maximum Gasteiger partial charge on any atom is 0.227 e. The molecule has 1 aromatic carbocycles. The van der Waals surface area contributed by atoms with Gasteiger partial charge in [-0.25, -0.2) is 0 Å². The zero-order valence-electron chi connectivity index (χ0n) is 15.2. The summed E-state index contributed by atoms with van der Waals surface area (Å²) in [7, 11) is 1.62. The Morgan fingerprint density at radius 2 is 1.88 bits per heavy atom. The summed E-state index contributed by atoms with van der Waals surface area (Å²) in [5.41, 5.74) is 6.30. The molecule has 0 aliphatic heterocycles. The molecule has 5 nitrogen and oxygen atoms in total. The van der Waals surface area contributed by atoms with Gasteiger partial charge in [0.25, 0.3) is 0 Å². The summed E-state index contributed by atoms with van der Waals surface area (Å²) in [6.07, 6.45) is 2.41. The van der Waals surface area contributed by atoms with Crippen molar-refractivity contribution in [2.75, 3.05) is 20.3 Å². The average molecular weight is 359 g/mol. The number of methoxy groups -OCH3 is 1. The Bertz CT molecular complexity index is 497. The first-order valence-corrected chi connectivity index (χ1v) is 8.34. The van der Waals surface area contributed by atoms with Gasteiger partial charge in [-0.15, -0.1) is 12.4 Å². The van der Waals surface area contributed by atoms with Gasteiger partial charge >= 0.3 is 0 Å². The molecule has 0 heterocycles. The SMILES string of the molecule is CCCOc1ccc(CNC(=O)C(CC)(CC)CN)cc1OC.Cl. The summed E-state index contributed by atoms with van der Waals surface area (Å²) >= 11 is 0. The van der Waals surface area contributed by atoms with Gasteiger partial charge in [-0.2, -0.15) is 0 Å². The van der Waals surface area contributed by atoms with Crippen LogP contribution in [0.15, 0.2) is 18.2 Å². The van der Waals surface area contributed by atoms with Crippen LogP contribution in [0.5, 0.6) is 11.5 Å². The molecule has 0 atom stereocenters. The largest absolute Gasteiger partial charge is 0.493 e. The molecule has 0 radical (unpaired) electrons. The summed E-state index contributed by atoms with van der Waals surface area (Å²) in [4.78, 5) is 12.4. The summed E-state index contributed by atoms with van der Waals surface area (Å²) in [6, 6.07) is 5.72. The average Bonchev–Trinajstić information content (AvgIpc) is 2.60. The van der Waals surface area contributed by atoms with Gasteiger partial charge in [0.1, 0.15) is 0 Å². The molecular weight excluding hydrogens is 328 g/mol. The van der Waals surface area contributed by atoms with Gasteiger partial charge in [0.05, 0.1) is 19.1 Å². The molecule has 0 aliphatic rings. The summed E-state index contributed by atoms with van der Waals surface area (Å²) < 4.78 is 11.0. The van der Waals surface area contributed by atoms with Crippen LogP contribution in [0, 0.1) is 5.41 Å². The highest BCUT2D eigenvalue weighted by Crippen LogP contribution is 2.29. The smallest absolute Gasteiger partial charge is 0.227 e. The lowest BCUT2D eigenvalue weighted by molar-refractivity contribution is -0.131. The highest BCUT2D eigenvalue weighted by atomic mass is 35.5. The summed E-state index contributed by atoms with van der Waals surface area (Å²) in [5, 5.41) is 2.99. The van der Waals surface area contributed by atoms with E-state index in [1.165, 1.54) is 0 Å². The van der Waals surface area contributed by atoms with Crippen molar-refractivity contribution < 1.29 is 14.3 Å². The van der Waals surface area contributed by atoms with E-state index in [0.717, 1.165) is 30.6 Å². The highest BCUT2D eigenvalue weighted by molar-refractivity contribution is 5.85. The van der Waals surface area contributed by atoms with Crippen molar-refractivity contribution >= 4 is 18.3 Å². The van der Waals surface area contributed by atoms with Crippen molar-refractivity contribution in [1.29, 1.82) is 0 Å². The number of hydrogen-bond acceptors (Lipinski definition) is 4. The van der Waals surface area contributed by atoms with Crippen molar-refractivity contribution in [3.63, 3.8) is 0 Å². The molecule has 1 aromatic rings. The second-order valence-electron chi connectivity index (χ2n) is 5.71. The van der Waals surface area contributed by atoms with E-state index in [1.54, 1.807) is 7.11 Å². The first-order valence-electron chi connectivity index (χ1n) is 8.34. The van der Waals surface area contributed by atoms with Gasteiger partial charge in [-0.1, -0.05) is 26.8 Å². The number of ether oxygens (including phenoxy) is 2. The molecule has 3 N–H and O–H groups in total. The van der Waals surface area contributed by atoms with Crippen LogP contribution >= 0.6 is 12.4 Å². The number of halogens is 1. The zero-order valence-corrected chi connectivity index (χ0v) is 16.0. The lowest BCUT2D eigenvalue weighted by atomic mass is 9.81. The lowest BCUT2D eigenvalue weighted by Crippen LogP contribution is -2.45. The molecule has 0 spiro atoms. The summed E-state index contributed by atoms with van der Waals surface area (Å²) in [6.45, 7) is 7.52. The van der Waals surface area contributed by atoms with E-state index in [1.807, 2.05) is 32.0 Å². The molecule has 0 unspecified atom stereocenters. The molecule has 0 bridgehead atoms. The fourth-order valence-electron chi connectivity index (χ4n) is 2.48. The number of carbonyl (C=O) groups excluding carboxylic acids is 1. The second kappa shape index (κ2) is 11.2. The molecule has 0 aliphatic carbocycles. The first-order chi connectivity index (χ1) is 11.1. The Kier molecular flexibility index (Phi) is 10.5. The number of hydrogen-bond donors (Lipinski definition) is 2. The first kappa shape index (κ1) is 22.5. The number of carbonyl (C=O) groups is 1. The van der Waals surface area contributed by atoms with E-state index < -0.39 is 5.41 Å². The topological polar surface area (TPSA) is 73.6 Å². The minimum Gasteiger partial charge on any atom is -0.493 e. The molecule has 1 amide bonds. The molecule has 24 heavy (non-hydrogen) atoms. The highest BCUT2D eigenvalue weighted by Gasteiger charge is 2.32. The second-order valence-corrected chi connectivity index (χ2v) is 5.71. The fraction of sp³-hybridized carbons (Fsp3) is 0.611. The number of nitrogens with two attached hydrogens (primary N) is 1. The van der Waals surface area contributed by atoms with E-state index in [9.17, 15) is 4.79 Å². The Morgan fingerprint density at radius 1 is 1.21 bits per heavy atom. The minimum absolute atomic E-state index is 0. The van der Waals surface area contributed by atoms with Crippen LogP contribution in [-0.4, -0.2) is 26.2 Å². The third-order valence-corrected chi connectivity index (χ3v) is 4.37. The number of benzene rings is 1. The van der Waals surface area contributed by atoms with E-state index in [0.29, 0.717) is 25.4 Å². The third kappa shape index (κ3) is 5.56. The molecule has 0 aromatic heterocycles. The van der Waals surface area contributed by atoms with Gasteiger partial charge in [0.15, 0.2) is 11.5 Å². The molecule has 0 saturated heterocycles. The molecular formula is C18H31ClN2O3. The monoisotopic (exact) mass is 358 g/mol. The molecule has 1 rings (SSSR count). The Balaban J connectivity index is 0.00000529. The van der Waals surface area contributed by atoms with E-state index in [-0.39, 0.29) is 18.3 Å². The lowest BCUT2D eigenvalue weighted by Gasteiger charge is -2.28. The van der Waals surface area contributed by atoms with Gasteiger partial charge in [-0.3, -0.25) is 4.79 Å². The normalized spacial score (nSPS) is 10.7. The Hall–Kier alpha value is -1.46. The van der Waals surface area contributed by atoms with Gasteiger partial charge < -0.3 is 20.5 Å². The summed E-state index contributed by atoms with van der Waals surface area (Å²) in [5.74, 6) is 1.42. The number of nitrogens with one attached hydrogen (secondary N) is 1. The molecule has 0 saturated carbocycles.